The minimum atomic E-state index is -0.497. The Morgan fingerprint density at radius 1 is 1.19 bits per heavy atom. The van der Waals surface area contributed by atoms with Gasteiger partial charge in [0.2, 0.25) is 13.1 Å². The molecule has 0 amide bonds. The molecule has 21 heavy (non-hydrogen) atoms. The van der Waals surface area contributed by atoms with E-state index in [1.165, 1.54) is 0 Å². The molecule has 7 heteroatoms. The van der Waals surface area contributed by atoms with Crippen molar-refractivity contribution in [3.05, 3.63) is 30.1 Å². The lowest BCUT2D eigenvalue weighted by molar-refractivity contribution is -0.142. The summed E-state index contributed by atoms with van der Waals surface area (Å²) in [5.41, 5.74) is 1.47. The Labute approximate surface area is 122 Å². The largest absolute Gasteiger partial charge is 0.454 e. The number of nitrogens with zero attached hydrogens (tertiary/aromatic N) is 3. The smallest absolute Gasteiger partial charge is 0.231 e. The highest BCUT2D eigenvalue weighted by Crippen LogP contribution is 2.33. The van der Waals surface area contributed by atoms with E-state index in [9.17, 15) is 0 Å². The fraction of sp³-hybridized carbons (Fsp3) is 0.429. The van der Waals surface area contributed by atoms with Gasteiger partial charge in [-0.2, -0.15) is 0 Å². The molecule has 0 N–H and O–H groups in total. The predicted octanol–water partition coefficient (Wildman–Crippen LogP) is 2.07. The fourth-order valence-electron chi connectivity index (χ4n) is 2.06. The highest BCUT2D eigenvalue weighted by molar-refractivity contribution is 5.49. The summed E-state index contributed by atoms with van der Waals surface area (Å²) in [6.45, 7) is 5.16. The van der Waals surface area contributed by atoms with Crippen molar-refractivity contribution in [2.24, 2.45) is 0 Å². The Bertz CT molecular complexity index is 608. The quantitative estimate of drug-likeness (QED) is 0.759. The van der Waals surface area contributed by atoms with Gasteiger partial charge in [0.1, 0.15) is 5.69 Å². The zero-order chi connectivity index (χ0) is 14.7. The average molecular weight is 291 g/mol. The van der Waals surface area contributed by atoms with Crippen LogP contribution in [-0.4, -0.2) is 35.0 Å². The molecule has 0 radical (unpaired) electrons. The first-order valence-electron chi connectivity index (χ1n) is 6.87. The van der Waals surface area contributed by atoms with Gasteiger partial charge in [0.05, 0.1) is 11.9 Å². The van der Waals surface area contributed by atoms with Crippen LogP contribution in [0, 0.1) is 0 Å². The van der Waals surface area contributed by atoms with Crippen LogP contribution in [0.3, 0.4) is 0 Å². The van der Waals surface area contributed by atoms with Crippen LogP contribution >= 0.6 is 0 Å². The number of fused-ring (bicyclic) bond motifs is 1. The fourth-order valence-corrected chi connectivity index (χ4v) is 2.06. The maximum Gasteiger partial charge on any atom is 0.231 e. The Morgan fingerprint density at radius 2 is 1.95 bits per heavy atom. The van der Waals surface area contributed by atoms with Crippen LogP contribution in [0.25, 0.3) is 5.69 Å². The molecule has 3 rings (SSSR count). The van der Waals surface area contributed by atoms with E-state index in [4.69, 9.17) is 18.9 Å². The van der Waals surface area contributed by atoms with Crippen molar-refractivity contribution < 1.29 is 18.9 Å². The van der Waals surface area contributed by atoms with Crippen LogP contribution in [0.5, 0.6) is 11.5 Å². The zero-order valence-corrected chi connectivity index (χ0v) is 12.0. The summed E-state index contributed by atoms with van der Waals surface area (Å²) in [6, 6.07) is 5.60. The summed E-state index contributed by atoms with van der Waals surface area (Å²) in [5.74, 6) is 1.44. The number of hydrogen-bond donors (Lipinski definition) is 0. The van der Waals surface area contributed by atoms with E-state index in [1.807, 2.05) is 32.0 Å². The summed E-state index contributed by atoms with van der Waals surface area (Å²) in [7, 11) is 0. The first kappa shape index (κ1) is 13.8. The summed E-state index contributed by atoms with van der Waals surface area (Å²) in [5, 5.41) is 8.22. The van der Waals surface area contributed by atoms with Gasteiger partial charge in [-0.15, -0.1) is 5.10 Å². The second-order valence-corrected chi connectivity index (χ2v) is 4.37. The van der Waals surface area contributed by atoms with E-state index in [1.54, 1.807) is 10.9 Å². The molecule has 1 aromatic heterocycles. The molecule has 0 unspecified atom stereocenters. The van der Waals surface area contributed by atoms with Crippen molar-refractivity contribution in [1.82, 2.24) is 15.0 Å². The Morgan fingerprint density at radius 3 is 2.71 bits per heavy atom. The monoisotopic (exact) mass is 291 g/mol. The van der Waals surface area contributed by atoms with E-state index in [0.29, 0.717) is 24.7 Å². The number of aromatic nitrogens is 3. The summed E-state index contributed by atoms with van der Waals surface area (Å²) < 4.78 is 23.3. The second kappa shape index (κ2) is 6.11. The van der Waals surface area contributed by atoms with Crippen molar-refractivity contribution >= 4 is 0 Å². The highest BCUT2D eigenvalue weighted by atomic mass is 16.7. The molecule has 0 spiro atoms. The van der Waals surface area contributed by atoms with Crippen molar-refractivity contribution in [2.75, 3.05) is 20.0 Å². The normalized spacial score (nSPS) is 13.1. The number of benzene rings is 1. The van der Waals surface area contributed by atoms with Crippen LogP contribution in [-0.2, 0) is 9.47 Å². The van der Waals surface area contributed by atoms with Gasteiger partial charge in [0.25, 0.3) is 0 Å². The molecule has 7 nitrogen and oxygen atoms in total. The van der Waals surface area contributed by atoms with Gasteiger partial charge in [0.15, 0.2) is 11.5 Å². The third-order valence-electron chi connectivity index (χ3n) is 3.01. The van der Waals surface area contributed by atoms with Gasteiger partial charge in [-0.05, 0) is 26.0 Å². The van der Waals surface area contributed by atoms with E-state index < -0.39 is 6.29 Å². The summed E-state index contributed by atoms with van der Waals surface area (Å²) >= 11 is 0. The highest BCUT2D eigenvalue weighted by Gasteiger charge is 2.18. The molecule has 0 saturated heterocycles. The molecule has 2 heterocycles. The molecular formula is C14H17N3O4. The molecule has 0 atom stereocenters. The molecule has 0 bridgehead atoms. The standard InChI is InChI=1S/C14H17N3O4/c1-3-18-14(19-4-2)11-8-17(16-15-11)10-5-6-12-13(7-10)21-9-20-12/h5-8,14H,3-4,9H2,1-2H3. The van der Waals surface area contributed by atoms with Gasteiger partial charge in [-0.3, -0.25) is 0 Å². The van der Waals surface area contributed by atoms with Crippen LogP contribution in [0.1, 0.15) is 25.8 Å². The predicted molar refractivity (Wildman–Crippen MR) is 73.5 cm³/mol. The maximum atomic E-state index is 5.51. The third-order valence-corrected chi connectivity index (χ3v) is 3.01. The van der Waals surface area contributed by atoms with Gasteiger partial charge < -0.3 is 18.9 Å². The molecule has 1 aliphatic rings. The van der Waals surface area contributed by atoms with Crippen LogP contribution in [0.15, 0.2) is 24.4 Å². The minimum Gasteiger partial charge on any atom is -0.454 e. The van der Waals surface area contributed by atoms with Crippen molar-refractivity contribution in [3.8, 4) is 17.2 Å². The Kier molecular flexibility index (Phi) is 4.03. The topological polar surface area (TPSA) is 67.6 Å². The van der Waals surface area contributed by atoms with E-state index in [-0.39, 0.29) is 6.79 Å². The van der Waals surface area contributed by atoms with Gasteiger partial charge in [0, 0.05) is 19.3 Å². The minimum absolute atomic E-state index is 0.248. The molecule has 112 valence electrons. The first-order valence-corrected chi connectivity index (χ1v) is 6.87. The van der Waals surface area contributed by atoms with Crippen molar-refractivity contribution in [3.63, 3.8) is 0 Å². The number of rotatable bonds is 6. The first-order chi connectivity index (χ1) is 10.3. The van der Waals surface area contributed by atoms with Crippen LogP contribution < -0.4 is 9.47 Å². The zero-order valence-electron chi connectivity index (χ0n) is 12.0. The number of hydrogen-bond acceptors (Lipinski definition) is 6. The molecule has 0 aliphatic carbocycles. The van der Waals surface area contributed by atoms with Gasteiger partial charge in [-0.25, -0.2) is 4.68 Å². The Hall–Kier alpha value is -2.12. The average Bonchev–Trinajstić information content (AvgIpc) is 3.15. The van der Waals surface area contributed by atoms with Crippen LogP contribution in [0.4, 0.5) is 0 Å². The summed E-state index contributed by atoms with van der Waals surface area (Å²) in [4.78, 5) is 0. The lowest BCUT2D eigenvalue weighted by Crippen LogP contribution is -2.09. The lowest BCUT2D eigenvalue weighted by Gasteiger charge is -2.13. The molecule has 1 aliphatic heterocycles. The van der Waals surface area contributed by atoms with E-state index in [0.717, 1.165) is 11.4 Å². The third kappa shape index (κ3) is 2.84. The molecule has 0 saturated carbocycles. The number of ether oxygens (including phenoxy) is 4. The van der Waals surface area contributed by atoms with Crippen molar-refractivity contribution in [2.45, 2.75) is 20.1 Å². The second-order valence-electron chi connectivity index (χ2n) is 4.37. The van der Waals surface area contributed by atoms with Crippen LogP contribution in [0.2, 0.25) is 0 Å². The lowest BCUT2D eigenvalue weighted by atomic mass is 10.3. The molecule has 0 fully saturated rings. The molecular weight excluding hydrogens is 274 g/mol. The van der Waals surface area contributed by atoms with E-state index >= 15 is 0 Å². The van der Waals surface area contributed by atoms with Crippen molar-refractivity contribution in [1.29, 1.82) is 0 Å². The SMILES string of the molecule is CCOC(OCC)c1cn(-c2ccc3c(c2)OCO3)nn1. The van der Waals surface area contributed by atoms with Gasteiger partial charge in [-0.1, -0.05) is 5.21 Å². The maximum absolute atomic E-state index is 5.51. The van der Waals surface area contributed by atoms with Gasteiger partial charge >= 0.3 is 0 Å². The Balaban J connectivity index is 1.83. The van der Waals surface area contributed by atoms with E-state index in [2.05, 4.69) is 10.3 Å². The molecule has 1 aromatic carbocycles. The molecule has 2 aromatic rings. The summed E-state index contributed by atoms with van der Waals surface area (Å²) in [6.07, 6.45) is 1.29.